The molecule has 212 valence electrons. The third kappa shape index (κ3) is 4.52. The molecule has 0 radical (unpaired) electrons. The van der Waals surface area contributed by atoms with Gasteiger partial charge >= 0.3 is 5.69 Å². The maximum absolute atomic E-state index is 13.5. The highest BCUT2D eigenvalue weighted by Gasteiger charge is 2.21. The summed E-state index contributed by atoms with van der Waals surface area (Å²) in [6.45, 7) is 3.76. The highest BCUT2D eigenvalue weighted by molar-refractivity contribution is 6.04. The van der Waals surface area contributed by atoms with Crippen molar-refractivity contribution in [1.29, 1.82) is 5.26 Å². The summed E-state index contributed by atoms with van der Waals surface area (Å²) < 4.78 is 3.33. The summed E-state index contributed by atoms with van der Waals surface area (Å²) in [4.78, 5) is 31.7. The van der Waals surface area contributed by atoms with Crippen LogP contribution in [0, 0.1) is 11.3 Å². The minimum Gasteiger partial charge on any atom is -0.293 e. The zero-order chi connectivity index (χ0) is 30.4. The van der Waals surface area contributed by atoms with Crippen LogP contribution in [0.4, 0.5) is 0 Å². The number of fused-ring (bicyclic) bond motifs is 3. The van der Waals surface area contributed by atoms with Crippen molar-refractivity contribution in [3.8, 4) is 45.4 Å². The van der Waals surface area contributed by atoms with Crippen LogP contribution in [0.1, 0.15) is 19.4 Å². The molecule has 7 aromatic rings. The Labute approximate surface area is 253 Å². The molecule has 5 heterocycles. The van der Waals surface area contributed by atoms with E-state index in [-0.39, 0.29) is 5.69 Å². The van der Waals surface area contributed by atoms with Crippen LogP contribution in [0.3, 0.4) is 0 Å². The molecule has 0 spiro atoms. The summed E-state index contributed by atoms with van der Waals surface area (Å²) in [6, 6.07) is 27.9. The molecule has 0 fully saturated rings. The van der Waals surface area contributed by atoms with Crippen LogP contribution in [0.5, 0.6) is 0 Å². The van der Waals surface area contributed by atoms with Crippen molar-refractivity contribution < 1.29 is 0 Å². The fourth-order valence-corrected chi connectivity index (χ4v) is 5.47. The lowest BCUT2D eigenvalue weighted by atomic mass is 9.86. The van der Waals surface area contributed by atoms with Crippen LogP contribution >= 0.6 is 0 Å². The molecule has 0 saturated heterocycles. The Bertz CT molecular complexity index is 2260. The zero-order valence-electron chi connectivity index (χ0n) is 24.4. The number of nitrogens with zero attached hydrogens (tertiary/aromatic N) is 7. The summed E-state index contributed by atoms with van der Waals surface area (Å²) in [6.07, 6.45) is 8.96. The second kappa shape index (κ2) is 10.4. The van der Waals surface area contributed by atoms with Crippen molar-refractivity contribution in [3.05, 3.63) is 126 Å². The van der Waals surface area contributed by atoms with E-state index in [2.05, 4.69) is 27.1 Å². The number of aromatic nitrogens is 6. The Morgan fingerprint density at radius 2 is 1.43 bits per heavy atom. The van der Waals surface area contributed by atoms with Crippen LogP contribution < -0.4 is 5.69 Å². The molecule has 0 aliphatic carbocycles. The summed E-state index contributed by atoms with van der Waals surface area (Å²) in [5.41, 5.74) is 8.59. The first-order valence-corrected chi connectivity index (χ1v) is 14.2. The average molecular weight is 574 g/mol. The van der Waals surface area contributed by atoms with E-state index in [9.17, 15) is 10.1 Å². The van der Waals surface area contributed by atoms with Crippen molar-refractivity contribution in [2.45, 2.75) is 19.3 Å². The van der Waals surface area contributed by atoms with Crippen LogP contribution in [0.2, 0.25) is 0 Å². The average Bonchev–Trinajstić information content (AvgIpc) is 3.34. The predicted octanol–water partition coefficient (Wildman–Crippen LogP) is 6.86. The van der Waals surface area contributed by atoms with Crippen LogP contribution in [0.15, 0.2) is 115 Å². The first-order valence-electron chi connectivity index (χ1n) is 14.2. The molecular weight excluding hydrogens is 546 g/mol. The standard InChI is InChI=1S/C36H27N7O/c1-36(2,22-37)27-9-11-28(12-10-27)43-34-29-17-23(6-15-32(29)41-21-33(34)42(3)35(43)44)24-7-13-31(39-19-24)26-8-14-30(40-20-26)25-5-4-16-38-18-25/h4-21H,1-3H3. The Hall–Kier alpha value is -5.94. The predicted molar refractivity (Wildman–Crippen MR) is 172 cm³/mol. The van der Waals surface area contributed by atoms with E-state index >= 15 is 0 Å². The van der Waals surface area contributed by atoms with E-state index < -0.39 is 5.41 Å². The fraction of sp³-hybridized carbons (Fsp3) is 0.111. The van der Waals surface area contributed by atoms with Crippen molar-refractivity contribution in [3.63, 3.8) is 0 Å². The van der Waals surface area contributed by atoms with Crippen molar-refractivity contribution in [2.75, 3.05) is 0 Å². The molecule has 8 heteroatoms. The van der Waals surface area contributed by atoms with Gasteiger partial charge in [0.1, 0.15) is 0 Å². The minimum absolute atomic E-state index is 0.166. The largest absolute Gasteiger partial charge is 0.333 e. The van der Waals surface area contributed by atoms with Gasteiger partial charge in [-0.05, 0) is 79.6 Å². The highest BCUT2D eigenvalue weighted by atomic mass is 16.1. The Morgan fingerprint density at radius 1 is 0.750 bits per heavy atom. The van der Waals surface area contributed by atoms with Gasteiger partial charge in [-0.15, -0.1) is 0 Å². The second-order valence-electron chi connectivity index (χ2n) is 11.3. The number of nitriles is 1. The van der Waals surface area contributed by atoms with Gasteiger partial charge in [0.05, 0.1) is 51.3 Å². The van der Waals surface area contributed by atoms with E-state index in [0.717, 1.165) is 66.8 Å². The van der Waals surface area contributed by atoms with E-state index in [1.807, 2.05) is 99.0 Å². The molecule has 0 aliphatic rings. The smallest absolute Gasteiger partial charge is 0.293 e. The lowest BCUT2D eigenvalue weighted by Gasteiger charge is -2.16. The summed E-state index contributed by atoms with van der Waals surface area (Å²) in [7, 11) is 1.76. The van der Waals surface area contributed by atoms with Crippen LogP contribution in [-0.2, 0) is 12.5 Å². The van der Waals surface area contributed by atoms with Crippen LogP contribution in [0.25, 0.3) is 61.3 Å². The number of pyridine rings is 4. The summed E-state index contributed by atoms with van der Waals surface area (Å²) >= 11 is 0. The molecule has 44 heavy (non-hydrogen) atoms. The number of rotatable bonds is 5. The fourth-order valence-electron chi connectivity index (χ4n) is 5.47. The van der Waals surface area contributed by atoms with Crippen molar-refractivity contribution in [1.82, 2.24) is 29.1 Å². The molecule has 7 rings (SSSR count). The normalized spacial score (nSPS) is 11.6. The Kier molecular flexibility index (Phi) is 6.37. The first-order chi connectivity index (χ1) is 21.3. The number of benzene rings is 2. The van der Waals surface area contributed by atoms with Gasteiger partial charge < -0.3 is 0 Å². The van der Waals surface area contributed by atoms with E-state index in [0.29, 0.717) is 0 Å². The molecule has 2 aromatic carbocycles. The highest BCUT2D eigenvalue weighted by Crippen LogP contribution is 2.31. The molecule has 0 amide bonds. The van der Waals surface area contributed by atoms with E-state index in [4.69, 9.17) is 4.98 Å². The van der Waals surface area contributed by atoms with Gasteiger partial charge in [-0.25, -0.2) is 4.79 Å². The summed E-state index contributed by atoms with van der Waals surface area (Å²) in [5.74, 6) is 0. The van der Waals surface area contributed by atoms with Gasteiger partial charge in [-0.2, -0.15) is 5.26 Å². The molecule has 0 atom stereocenters. The van der Waals surface area contributed by atoms with Gasteiger partial charge in [0.2, 0.25) is 0 Å². The molecule has 0 saturated carbocycles. The lowest BCUT2D eigenvalue weighted by Crippen LogP contribution is -2.21. The molecule has 0 N–H and O–H groups in total. The number of imidazole rings is 1. The van der Waals surface area contributed by atoms with Gasteiger partial charge in [-0.1, -0.05) is 24.3 Å². The molecule has 0 unspecified atom stereocenters. The molecule has 8 nitrogen and oxygen atoms in total. The first kappa shape index (κ1) is 26.9. The minimum atomic E-state index is -0.628. The Morgan fingerprint density at radius 3 is 2.07 bits per heavy atom. The number of hydrogen-bond donors (Lipinski definition) is 0. The third-order valence-electron chi connectivity index (χ3n) is 8.12. The van der Waals surface area contributed by atoms with Gasteiger partial charge in [-0.3, -0.25) is 29.1 Å². The Balaban J connectivity index is 1.28. The van der Waals surface area contributed by atoms with Crippen molar-refractivity contribution >= 4 is 21.9 Å². The molecule has 0 bridgehead atoms. The van der Waals surface area contributed by atoms with Crippen LogP contribution in [-0.4, -0.2) is 29.1 Å². The van der Waals surface area contributed by atoms with Crippen molar-refractivity contribution in [2.24, 2.45) is 7.05 Å². The van der Waals surface area contributed by atoms with Gasteiger partial charge in [0.15, 0.2) is 0 Å². The quantitative estimate of drug-likeness (QED) is 0.223. The molecule has 5 aromatic heterocycles. The number of aryl methyl sites for hydroxylation is 1. The van der Waals surface area contributed by atoms with E-state index in [1.165, 1.54) is 0 Å². The maximum Gasteiger partial charge on any atom is 0.333 e. The monoisotopic (exact) mass is 573 g/mol. The molecule has 0 aliphatic heterocycles. The van der Waals surface area contributed by atoms with Gasteiger partial charge in [0.25, 0.3) is 0 Å². The molecular formula is C36H27N7O. The lowest BCUT2D eigenvalue weighted by molar-refractivity contribution is 0.686. The zero-order valence-corrected chi connectivity index (χ0v) is 24.4. The topological polar surface area (TPSA) is 102 Å². The third-order valence-corrected chi connectivity index (χ3v) is 8.12. The number of hydrogen-bond acceptors (Lipinski definition) is 6. The summed E-state index contributed by atoms with van der Waals surface area (Å²) in [5, 5.41) is 10.4. The maximum atomic E-state index is 13.5. The second-order valence-corrected chi connectivity index (χ2v) is 11.3. The van der Waals surface area contributed by atoms with Gasteiger partial charge in [0, 0.05) is 53.9 Å². The van der Waals surface area contributed by atoms with E-state index in [1.54, 1.807) is 34.8 Å². The SMILES string of the molecule is Cn1c(=O)n(-c2ccc(C(C)(C)C#N)cc2)c2c3cc(-c4ccc(-c5ccc(-c6cccnc6)nc5)nc4)ccc3ncc21.